The fourth-order valence-corrected chi connectivity index (χ4v) is 2.03. The van der Waals surface area contributed by atoms with Crippen LogP contribution in [0.1, 0.15) is 38.3 Å². The number of nitrogens with one attached hydrogen (secondary N) is 2. The Kier molecular flexibility index (Phi) is 4.62. The second-order valence-electron chi connectivity index (χ2n) is 4.96. The molecule has 7 nitrogen and oxygen atoms in total. The van der Waals surface area contributed by atoms with Gasteiger partial charge in [-0.15, -0.1) is 0 Å². The number of likely N-dealkylation sites (N-methyl/N-ethyl adjacent to an activating group) is 1. The molecular formula is C12H21N7. The number of aromatic amines is 1. The van der Waals surface area contributed by atoms with Gasteiger partial charge in [-0.1, -0.05) is 20.8 Å². The Bertz CT molecular complexity index is 474. The SMILES string of the molecule is CCNC(Cc1ncnn1CC(C)C)c1cn[nH]n1. The van der Waals surface area contributed by atoms with Crippen LogP contribution in [0.25, 0.3) is 0 Å². The van der Waals surface area contributed by atoms with Gasteiger partial charge in [0.1, 0.15) is 12.2 Å². The van der Waals surface area contributed by atoms with Gasteiger partial charge in [-0.2, -0.15) is 20.5 Å². The van der Waals surface area contributed by atoms with Crippen LogP contribution in [0.15, 0.2) is 12.5 Å². The third-order valence-corrected chi connectivity index (χ3v) is 2.86. The lowest BCUT2D eigenvalue weighted by atomic mass is 10.1. The second kappa shape index (κ2) is 6.42. The van der Waals surface area contributed by atoms with Crippen LogP contribution in [0.3, 0.4) is 0 Å². The molecule has 0 saturated carbocycles. The molecular weight excluding hydrogens is 242 g/mol. The van der Waals surface area contributed by atoms with Gasteiger partial charge >= 0.3 is 0 Å². The summed E-state index contributed by atoms with van der Waals surface area (Å²) in [7, 11) is 0. The Morgan fingerprint density at radius 3 is 2.89 bits per heavy atom. The number of hydrogen-bond donors (Lipinski definition) is 2. The zero-order valence-corrected chi connectivity index (χ0v) is 11.7. The molecule has 0 aliphatic heterocycles. The molecule has 0 bridgehead atoms. The largest absolute Gasteiger partial charge is 0.308 e. The third-order valence-electron chi connectivity index (χ3n) is 2.86. The minimum Gasteiger partial charge on any atom is -0.308 e. The molecule has 19 heavy (non-hydrogen) atoms. The average molecular weight is 263 g/mol. The van der Waals surface area contributed by atoms with Crippen molar-refractivity contribution in [3.05, 3.63) is 24.0 Å². The summed E-state index contributed by atoms with van der Waals surface area (Å²) in [6.45, 7) is 8.17. The normalized spacial score (nSPS) is 13.1. The molecule has 2 N–H and O–H groups in total. The van der Waals surface area contributed by atoms with E-state index in [2.05, 4.69) is 51.6 Å². The Labute approximate surface area is 112 Å². The quantitative estimate of drug-likeness (QED) is 0.777. The summed E-state index contributed by atoms with van der Waals surface area (Å²) >= 11 is 0. The molecule has 0 aromatic carbocycles. The van der Waals surface area contributed by atoms with Crippen LogP contribution in [0, 0.1) is 5.92 Å². The number of hydrogen-bond acceptors (Lipinski definition) is 5. The molecule has 0 amide bonds. The van der Waals surface area contributed by atoms with Crippen molar-refractivity contribution in [3.63, 3.8) is 0 Å². The molecule has 0 radical (unpaired) electrons. The molecule has 104 valence electrons. The summed E-state index contributed by atoms with van der Waals surface area (Å²) in [6, 6.07) is 0.110. The zero-order valence-electron chi connectivity index (χ0n) is 11.7. The maximum Gasteiger partial charge on any atom is 0.138 e. The van der Waals surface area contributed by atoms with Crippen molar-refractivity contribution < 1.29 is 0 Å². The zero-order chi connectivity index (χ0) is 13.7. The van der Waals surface area contributed by atoms with Crippen LogP contribution in [-0.4, -0.2) is 36.7 Å². The van der Waals surface area contributed by atoms with Crippen molar-refractivity contribution in [3.8, 4) is 0 Å². The molecule has 0 fully saturated rings. The van der Waals surface area contributed by atoms with Gasteiger partial charge in [0.2, 0.25) is 0 Å². The maximum atomic E-state index is 4.35. The fourth-order valence-electron chi connectivity index (χ4n) is 2.03. The van der Waals surface area contributed by atoms with Crippen LogP contribution in [0.5, 0.6) is 0 Å². The second-order valence-corrected chi connectivity index (χ2v) is 4.96. The molecule has 2 heterocycles. The monoisotopic (exact) mass is 263 g/mol. The van der Waals surface area contributed by atoms with Gasteiger partial charge in [0.25, 0.3) is 0 Å². The lowest BCUT2D eigenvalue weighted by Gasteiger charge is -2.15. The maximum absolute atomic E-state index is 4.35. The number of H-pyrrole nitrogens is 1. The summed E-state index contributed by atoms with van der Waals surface area (Å²) in [5, 5.41) is 18.4. The highest BCUT2D eigenvalue weighted by Crippen LogP contribution is 2.14. The van der Waals surface area contributed by atoms with E-state index in [4.69, 9.17) is 0 Å². The predicted octanol–water partition coefficient (Wildman–Crippen LogP) is 0.945. The van der Waals surface area contributed by atoms with Gasteiger partial charge in [0, 0.05) is 13.0 Å². The minimum atomic E-state index is 0.110. The summed E-state index contributed by atoms with van der Waals surface area (Å²) < 4.78 is 1.97. The molecule has 0 aliphatic carbocycles. The van der Waals surface area contributed by atoms with Gasteiger partial charge in [-0.3, -0.25) is 0 Å². The van der Waals surface area contributed by atoms with Crippen molar-refractivity contribution in [1.29, 1.82) is 0 Å². The Morgan fingerprint density at radius 2 is 2.26 bits per heavy atom. The minimum absolute atomic E-state index is 0.110. The predicted molar refractivity (Wildman–Crippen MR) is 71.4 cm³/mol. The van der Waals surface area contributed by atoms with E-state index in [1.165, 1.54) is 0 Å². The molecule has 0 spiro atoms. The molecule has 1 atom stereocenters. The summed E-state index contributed by atoms with van der Waals surface area (Å²) in [4.78, 5) is 4.35. The van der Waals surface area contributed by atoms with Crippen molar-refractivity contribution in [2.24, 2.45) is 5.92 Å². The first-order valence-electron chi connectivity index (χ1n) is 6.66. The van der Waals surface area contributed by atoms with Crippen LogP contribution >= 0.6 is 0 Å². The van der Waals surface area contributed by atoms with E-state index in [1.807, 2.05) is 4.68 Å². The van der Waals surface area contributed by atoms with Gasteiger partial charge in [-0.05, 0) is 12.5 Å². The van der Waals surface area contributed by atoms with Crippen molar-refractivity contribution in [1.82, 2.24) is 35.5 Å². The standard InChI is InChI=1S/C12H21N7/c1-4-13-10(11-6-15-18-17-11)5-12-14-8-16-19(12)7-9(2)3/h6,8-10,13H,4-5,7H2,1-3H3,(H,15,17,18). The van der Waals surface area contributed by atoms with Gasteiger partial charge < -0.3 is 5.32 Å². The number of rotatable bonds is 7. The van der Waals surface area contributed by atoms with Crippen molar-refractivity contribution in [2.45, 2.75) is 39.8 Å². The first-order chi connectivity index (χ1) is 9.20. The lowest BCUT2D eigenvalue weighted by molar-refractivity contribution is 0.444. The smallest absolute Gasteiger partial charge is 0.138 e. The number of nitrogens with zero attached hydrogens (tertiary/aromatic N) is 5. The van der Waals surface area contributed by atoms with Gasteiger partial charge in [0.05, 0.1) is 17.9 Å². The first kappa shape index (κ1) is 13.7. The first-order valence-corrected chi connectivity index (χ1v) is 6.66. The summed E-state index contributed by atoms with van der Waals surface area (Å²) in [5.41, 5.74) is 0.904. The molecule has 1 unspecified atom stereocenters. The molecule has 2 aromatic rings. The van der Waals surface area contributed by atoms with Crippen molar-refractivity contribution >= 4 is 0 Å². The summed E-state index contributed by atoms with van der Waals surface area (Å²) in [5.74, 6) is 1.52. The average Bonchev–Trinajstić information content (AvgIpc) is 3.00. The van der Waals surface area contributed by atoms with E-state index in [9.17, 15) is 0 Å². The lowest BCUT2D eigenvalue weighted by Crippen LogP contribution is -2.25. The van der Waals surface area contributed by atoms with Crippen LogP contribution in [-0.2, 0) is 13.0 Å². The molecule has 2 rings (SSSR count). The highest BCUT2D eigenvalue weighted by Gasteiger charge is 2.17. The van der Waals surface area contributed by atoms with E-state index in [0.717, 1.165) is 31.0 Å². The van der Waals surface area contributed by atoms with E-state index < -0.39 is 0 Å². The van der Waals surface area contributed by atoms with Crippen LogP contribution in [0.2, 0.25) is 0 Å². The topological polar surface area (TPSA) is 84.3 Å². The van der Waals surface area contributed by atoms with Crippen molar-refractivity contribution in [2.75, 3.05) is 6.54 Å². The fraction of sp³-hybridized carbons (Fsp3) is 0.667. The number of aromatic nitrogens is 6. The molecule has 0 saturated heterocycles. The Morgan fingerprint density at radius 1 is 1.42 bits per heavy atom. The molecule has 2 aromatic heterocycles. The molecule has 7 heteroatoms. The van der Waals surface area contributed by atoms with E-state index >= 15 is 0 Å². The Balaban J connectivity index is 2.11. The summed E-state index contributed by atoms with van der Waals surface area (Å²) in [6.07, 6.45) is 4.12. The van der Waals surface area contributed by atoms with E-state index in [0.29, 0.717) is 5.92 Å². The van der Waals surface area contributed by atoms with Gasteiger partial charge in [0.15, 0.2) is 0 Å². The third kappa shape index (κ3) is 3.60. The highest BCUT2D eigenvalue weighted by atomic mass is 15.3. The van der Waals surface area contributed by atoms with Crippen LogP contribution < -0.4 is 5.32 Å². The van der Waals surface area contributed by atoms with E-state index in [-0.39, 0.29) is 6.04 Å². The Hall–Kier alpha value is -1.76. The van der Waals surface area contributed by atoms with E-state index in [1.54, 1.807) is 12.5 Å². The highest BCUT2D eigenvalue weighted by molar-refractivity contribution is 5.04. The van der Waals surface area contributed by atoms with Gasteiger partial charge in [-0.25, -0.2) is 9.67 Å². The van der Waals surface area contributed by atoms with Crippen LogP contribution in [0.4, 0.5) is 0 Å². The molecule has 0 aliphatic rings.